The summed E-state index contributed by atoms with van der Waals surface area (Å²) in [6.07, 6.45) is 0. The van der Waals surface area contributed by atoms with Crippen LogP contribution in [0.4, 0.5) is 10.1 Å². The largest absolute Gasteiger partial charge is 0.312 e. The molecule has 88 valence electrons. The Labute approximate surface area is 93.6 Å². The number of nitro benzene ring substituents is 1. The topological polar surface area (TPSA) is 55.2 Å². The zero-order chi connectivity index (χ0) is 12.1. The summed E-state index contributed by atoms with van der Waals surface area (Å²) in [5.74, 6) is -0.000405. The molecule has 0 atom stereocenters. The molecule has 0 spiro atoms. The van der Waals surface area contributed by atoms with E-state index in [9.17, 15) is 14.5 Å². The van der Waals surface area contributed by atoms with E-state index in [0.717, 1.165) is 12.6 Å². The van der Waals surface area contributed by atoms with Gasteiger partial charge in [-0.05, 0) is 24.6 Å². The van der Waals surface area contributed by atoms with Crippen molar-refractivity contribution in [3.63, 3.8) is 0 Å². The van der Waals surface area contributed by atoms with Crippen molar-refractivity contribution < 1.29 is 9.31 Å². The summed E-state index contributed by atoms with van der Waals surface area (Å²) in [5, 5.41) is 13.7. The van der Waals surface area contributed by atoms with Crippen molar-refractivity contribution in [3.05, 3.63) is 39.7 Å². The van der Waals surface area contributed by atoms with Crippen molar-refractivity contribution in [2.45, 2.75) is 20.4 Å². The minimum atomic E-state index is -0.494. The maximum atomic E-state index is 12.9. The van der Waals surface area contributed by atoms with E-state index < -0.39 is 10.7 Å². The van der Waals surface area contributed by atoms with Gasteiger partial charge in [0.25, 0.3) is 5.69 Å². The third-order valence-corrected chi connectivity index (χ3v) is 2.11. The molecular formula is C11H15FN2O2. The van der Waals surface area contributed by atoms with Crippen LogP contribution in [-0.4, -0.2) is 11.5 Å². The molecule has 0 amide bonds. The lowest BCUT2D eigenvalue weighted by molar-refractivity contribution is -0.385. The predicted molar refractivity (Wildman–Crippen MR) is 59.6 cm³/mol. The fourth-order valence-corrected chi connectivity index (χ4v) is 1.37. The minimum absolute atomic E-state index is 0.0438. The lowest BCUT2D eigenvalue weighted by Gasteiger charge is -2.07. The normalized spacial score (nSPS) is 10.8. The first kappa shape index (κ1) is 12.6. The van der Waals surface area contributed by atoms with Gasteiger partial charge in [0.05, 0.1) is 4.92 Å². The zero-order valence-electron chi connectivity index (χ0n) is 9.37. The standard InChI is InChI=1S/C11H15FN2O2/c1-8(2)6-13-7-9-5-10(12)3-4-11(9)14(15)16/h3-5,8,13H,6-7H2,1-2H3. The molecule has 0 aromatic heterocycles. The Balaban J connectivity index is 2.76. The van der Waals surface area contributed by atoms with E-state index in [1.165, 1.54) is 12.1 Å². The second kappa shape index (κ2) is 5.55. The molecule has 0 heterocycles. The Morgan fingerprint density at radius 3 is 2.75 bits per heavy atom. The molecule has 0 aliphatic rings. The SMILES string of the molecule is CC(C)CNCc1cc(F)ccc1[N+](=O)[O-]. The highest BCUT2D eigenvalue weighted by Gasteiger charge is 2.13. The van der Waals surface area contributed by atoms with E-state index in [0.29, 0.717) is 18.0 Å². The lowest BCUT2D eigenvalue weighted by Crippen LogP contribution is -2.19. The van der Waals surface area contributed by atoms with Crippen LogP contribution in [-0.2, 0) is 6.54 Å². The molecule has 4 nitrogen and oxygen atoms in total. The molecular weight excluding hydrogens is 211 g/mol. The maximum Gasteiger partial charge on any atom is 0.274 e. The van der Waals surface area contributed by atoms with Crippen LogP contribution in [0.3, 0.4) is 0 Å². The Bertz CT molecular complexity index is 380. The van der Waals surface area contributed by atoms with Crippen LogP contribution in [0.25, 0.3) is 0 Å². The third-order valence-electron chi connectivity index (χ3n) is 2.11. The number of hydrogen-bond donors (Lipinski definition) is 1. The third kappa shape index (κ3) is 3.58. The maximum absolute atomic E-state index is 12.9. The molecule has 1 rings (SSSR count). The summed E-state index contributed by atoms with van der Waals surface area (Å²) in [6.45, 7) is 5.12. The van der Waals surface area contributed by atoms with Gasteiger partial charge in [0.1, 0.15) is 5.82 Å². The Kier molecular flexibility index (Phi) is 4.37. The molecule has 0 unspecified atom stereocenters. The molecule has 16 heavy (non-hydrogen) atoms. The van der Waals surface area contributed by atoms with E-state index in [1.54, 1.807) is 0 Å². The smallest absolute Gasteiger partial charge is 0.274 e. The van der Waals surface area contributed by atoms with Crippen LogP contribution in [0.5, 0.6) is 0 Å². The highest BCUT2D eigenvalue weighted by atomic mass is 19.1. The van der Waals surface area contributed by atoms with E-state index in [2.05, 4.69) is 5.32 Å². The van der Waals surface area contributed by atoms with Crippen LogP contribution < -0.4 is 5.32 Å². The molecule has 0 radical (unpaired) electrons. The van der Waals surface area contributed by atoms with Crippen molar-refractivity contribution in [1.29, 1.82) is 0 Å². The van der Waals surface area contributed by atoms with E-state index in [-0.39, 0.29) is 5.69 Å². The van der Waals surface area contributed by atoms with Crippen LogP contribution in [0, 0.1) is 21.8 Å². The van der Waals surface area contributed by atoms with Gasteiger partial charge in [-0.1, -0.05) is 13.8 Å². The summed E-state index contributed by atoms with van der Waals surface area (Å²) < 4.78 is 12.9. The summed E-state index contributed by atoms with van der Waals surface area (Å²) in [6, 6.07) is 3.50. The predicted octanol–water partition coefficient (Wildman–Crippen LogP) is 2.48. The number of nitro groups is 1. The number of hydrogen-bond acceptors (Lipinski definition) is 3. The minimum Gasteiger partial charge on any atom is -0.312 e. The number of nitrogens with one attached hydrogen (secondary N) is 1. The molecule has 0 saturated carbocycles. The number of nitrogens with zero attached hydrogens (tertiary/aromatic N) is 1. The first-order valence-electron chi connectivity index (χ1n) is 5.14. The summed E-state index contributed by atoms with van der Waals surface area (Å²) in [4.78, 5) is 10.2. The van der Waals surface area contributed by atoms with Gasteiger partial charge in [-0.2, -0.15) is 0 Å². The van der Waals surface area contributed by atoms with Gasteiger partial charge in [0.2, 0.25) is 0 Å². The highest BCUT2D eigenvalue weighted by Crippen LogP contribution is 2.19. The van der Waals surface area contributed by atoms with Crippen molar-refractivity contribution in [2.24, 2.45) is 5.92 Å². The van der Waals surface area contributed by atoms with Crippen molar-refractivity contribution in [1.82, 2.24) is 5.32 Å². The van der Waals surface area contributed by atoms with Gasteiger partial charge in [-0.25, -0.2) is 4.39 Å². The van der Waals surface area contributed by atoms with Crippen LogP contribution in [0.2, 0.25) is 0 Å². The molecule has 0 aliphatic carbocycles. The highest BCUT2D eigenvalue weighted by molar-refractivity contribution is 5.40. The van der Waals surface area contributed by atoms with Gasteiger partial charge in [-0.3, -0.25) is 10.1 Å². The van der Waals surface area contributed by atoms with Gasteiger partial charge in [-0.15, -0.1) is 0 Å². The Morgan fingerprint density at radius 2 is 2.19 bits per heavy atom. The molecule has 1 N–H and O–H groups in total. The first-order chi connectivity index (χ1) is 7.50. The van der Waals surface area contributed by atoms with Crippen molar-refractivity contribution >= 4 is 5.69 Å². The van der Waals surface area contributed by atoms with E-state index in [1.807, 2.05) is 13.8 Å². The molecule has 5 heteroatoms. The van der Waals surface area contributed by atoms with Crippen LogP contribution in [0.15, 0.2) is 18.2 Å². The van der Waals surface area contributed by atoms with Gasteiger partial charge in [0, 0.05) is 18.2 Å². The molecule has 0 bridgehead atoms. The first-order valence-corrected chi connectivity index (χ1v) is 5.14. The van der Waals surface area contributed by atoms with Crippen LogP contribution >= 0.6 is 0 Å². The lowest BCUT2D eigenvalue weighted by atomic mass is 10.1. The fraction of sp³-hybridized carbons (Fsp3) is 0.455. The van der Waals surface area contributed by atoms with Crippen molar-refractivity contribution in [3.8, 4) is 0 Å². The monoisotopic (exact) mass is 226 g/mol. The van der Waals surface area contributed by atoms with Gasteiger partial charge < -0.3 is 5.32 Å². The molecule has 0 saturated heterocycles. The molecule has 1 aromatic carbocycles. The average Bonchev–Trinajstić information content (AvgIpc) is 2.16. The van der Waals surface area contributed by atoms with Crippen molar-refractivity contribution in [2.75, 3.05) is 6.54 Å². The summed E-state index contributed by atoms with van der Waals surface area (Å²) >= 11 is 0. The number of benzene rings is 1. The summed E-state index contributed by atoms with van der Waals surface area (Å²) in [5.41, 5.74) is 0.336. The second-order valence-corrected chi connectivity index (χ2v) is 4.05. The molecule has 0 aliphatic heterocycles. The zero-order valence-corrected chi connectivity index (χ0v) is 9.37. The Hall–Kier alpha value is -1.49. The fourth-order valence-electron chi connectivity index (χ4n) is 1.37. The molecule has 1 aromatic rings. The second-order valence-electron chi connectivity index (χ2n) is 4.05. The number of halogens is 1. The average molecular weight is 226 g/mol. The van der Waals surface area contributed by atoms with E-state index in [4.69, 9.17) is 0 Å². The van der Waals surface area contributed by atoms with E-state index >= 15 is 0 Å². The Morgan fingerprint density at radius 1 is 1.50 bits per heavy atom. The van der Waals surface area contributed by atoms with Gasteiger partial charge in [0.15, 0.2) is 0 Å². The summed E-state index contributed by atoms with van der Waals surface area (Å²) in [7, 11) is 0. The number of rotatable bonds is 5. The molecule has 0 fully saturated rings. The quantitative estimate of drug-likeness (QED) is 0.619. The van der Waals surface area contributed by atoms with Gasteiger partial charge >= 0.3 is 0 Å². The van der Waals surface area contributed by atoms with Crippen LogP contribution in [0.1, 0.15) is 19.4 Å².